The van der Waals surface area contributed by atoms with Gasteiger partial charge in [0.2, 0.25) is 0 Å². The van der Waals surface area contributed by atoms with Gasteiger partial charge in [-0.1, -0.05) is 258 Å². The minimum absolute atomic E-state index is 0. The number of benzene rings is 9. The molecule has 12 nitrogen and oxygen atoms in total. The zero-order valence-electron chi connectivity index (χ0n) is 63.3. The molecule has 0 amide bonds. The third kappa shape index (κ3) is 30.1. The van der Waals surface area contributed by atoms with Crippen molar-refractivity contribution < 1.29 is 91.0 Å². The van der Waals surface area contributed by atoms with Crippen LogP contribution in [0.5, 0.6) is 0 Å². The first-order valence-electron chi connectivity index (χ1n) is 35.8. The van der Waals surface area contributed by atoms with E-state index in [0.717, 1.165) is 114 Å². The maximum atomic E-state index is 9.76. The molecule has 6 atom stereocenters. The normalized spacial score (nSPS) is 12.5. The van der Waals surface area contributed by atoms with E-state index in [9.17, 15) is 15.3 Å². The first-order chi connectivity index (χ1) is 49.8. The summed E-state index contributed by atoms with van der Waals surface area (Å²) in [4.78, 5) is 28.8. The van der Waals surface area contributed by atoms with Crippen LogP contribution in [0.25, 0.3) is 101 Å². The maximum absolute atomic E-state index is 9.76. The molecule has 6 N–H and O–H groups in total. The smallest absolute Gasteiger partial charge is 0.0873 e. The van der Waals surface area contributed by atoms with E-state index in [0.29, 0.717) is 19.3 Å². The third-order valence-corrected chi connectivity index (χ3v) is 17.1. The van der Waals surface area contributed by atoms with Crippen LogP contribution in [0.4, 0.5) is 0 Å². The topological polar surface area (TPSA) is 199 Å². The van der Waals surface area contributed by atoms with Crippen molar-refractivity contribution in [2.45, 2.75) is 152 Å². The van der Waals surface area contributed by atoms with Gasteiger partial charge in [0.1, 0.15) is 0 Å². The number of rotatable bonds is 17. The van der Waals surface area contributed by atoms with Gasteiger partial charge in [0, 0.05) is 119 Å². The van der Waals surface area contributed by atoms with Crippen LogP contribution in [0.15, 0.2) is 273 Å². The predicted molar refractivity (Wildman–Crippen MR) is 426 cm³/mol. The number of hydrogen-bond donors (Lipinski definition) is 6. The molecule has 3 aromatic heterocycles. The Morgan fingerprint density at radius 2 is 0.514 bits per heavy atom. The Morgan fingerprint density at radius 1 is 0.290 bits per heavy atom. The van der Waals surface area contributed by atoms with Crippen LogP contribution < -0.4 is 0 Å². The molecule has 107 heavy (non-hydrogen) atoms. The van der Waals surface area contributed by atoms with Crippen molar-refractivity contribution in [1.29, 1.82) is 0 Å². The number of hydrogen-bond acceptors (Lipinski definition) is 12. The number of nitrogens with zero attached hydrogens (tertiary/aromatic N) is 6. The molecule has 0 fully saturated rings. The van der Waals surface area contributed by atoms with Crippen molar-refractivity contribution in [2.75, 3.05) is 0 Å². The number of aliphatic hydroxyl groups excluding tert-OH is 6. The van der Waals surface area contributed by atoms with Crippen molar-refractivity contribution >= 4 is 0 Å². The summed E-state index contributed by atoms with van der Waals surface area (Å²) in [6.07, 6.45) is 6.05. The molecule has 0 aliphatic heterocycles. The average molecular weight is 1970 g/mol. The van der Waals surface area contributed by atoms with Gasteiger partial charge in [0.05, 0.1) is 70.8 Å². The first kappa shape index (κ1) is 91.3. The van der Waals surface area contributed by atoms with Crippen LogP contribution in [-0.2, 0) is 60.3 Å². The SMILES string of the molecule is CC(C)(C)C(O)CC(O)C(C)(C)C.CC(O)CC(O)C(C)(C)C.CCC(O)CC(O)CC.[Ir].[Ir].[Ir].[c-]1ccccc1-c1ncc(-c2ccccc2)nc1-c1ccccc1.[c-]1ccccc1-c1ncc(-c2ccccc2)nc1-c1ccccc1.[c-]1ccccc1-c1ncc(-c2ccccc2)nc1-c1ccccc1. The van der Waals surface area contributed by atoms with Crippen LogP contribution in [0, 0.1) is 34.4 Å². The van der Waals surface area contributed by atoms with Crippen molar-refractivity contribution in [3.63, 3.8) is 0 Å². The minimum Gasteiger partial charge on any atom is -0.393 e. The van der Waals surface area contributed by atoms with Gasteiger partial charge in [0.15, 0.2) is 0 Å². The summed E-state index contributed by atoms with van der Waals surface area (Å²) in [5.41, 5.74) is 16.5. The fourth-order valence-electron chi connectivity index (χ4n) is 10.3. The first-order valence-corrected chi connectivity index (χ1v) is 35.8. The van der Waals surface area contributed by atoms with Gasteiger partial charge in [-0.25, -0.2) is 0 Å². The number of aliphatic hydroxyl groups is 6. The minimum atomic E-state index is -0.443. The monoisotopic (exact) mass is 1970 g/mol. The maximum Gasteiger partial charge on any atom is 0.0873 e. The van der Waals surface area contributed by atoms with Gasteiger partial charge in [-0.15, -0.1) is 108 Å². The van der Waals surface area contributed by atoms with E-state index in [1.54, 1.807) is 6.92 Å². The standard InChI is InChI=1S/3C22H15N2.C11H24O2.C8H18O2.C7H16O2.3Ir/c3*1-4-10-17(11-5-1)20-16-23-21(18-12-6-2-7-13-18)22(24-20)19-14-8-3-9-15-19;1-10(2,3)8(12)7-9(13)11(4,5)6;1-6(9)5-7(10)8(2,3)4;1-3-6(8)5-7(9)4-2;;;/h3*1-12,14-16H;8-9,12-13H,7H2,1-6H3;6-7,9-10H,5H2,1-4H3;6-9H,3-5H2,1-2H3;;;/q3*-1;;;;;;. The summed E-state index contributed by atoms with van der Waals surface area (Å²) >= 11 is 0. The van der Waals surface area contributed by atoms with E-state index < -0.39 is 24.4 Å². The average Bonchev–Trinajstić information content (AvgIpc) is 0.810. The predicted octanol–water partition coefficient (Wildman–Crippen LogP) is 20.1. The molecular weight excluding hydrogens is 1860 g/mol. The molecule has 0 saturated carbocycles. The molecule has 12 rings (SSSR count). The Labute approximate surface area is 676 Å². The summed E-state index contributed by atoms with van der Waals surface area (Å²) in [7, 11) is 0. The second-order valence-corrected chi connectivity index (χ2v) is 28.7. The van der Waals surface area contributed by atoms with E-state index >= 15 is 0 Å². The molecule has 0 aliphatic rings. The van der Waals surface area contributed by atoms with Gasteiger partial charge >= 0.3 is 0 Å². The molecule has 567 valence electrons. The van der Waals surface area contributed by atoms with E-state index in [1.807, 2.05) is 313 Å². The van der Waals surface area contributed by atoms with Crippen LogP contribution in [0.2, 0.25) is 0 Å². The van der Waals surface area contributed by atoms with Gasteiger partial charge in [0.25, 0.3) is 0 Å². The molecule has 15 heteroatoms. The van der Waals surface area contributed by atoms with Crippen LogP contribution in [-0.4, -0.2) is 97.2 Å². The molecule has 3 radical (unpaired) electrons. The summed E-state index contributed by atoms with van der Waals surface area (Å²) in [6.45, 7) is 23.3. The molecule has 9 aromatic carbocycles. The summed E-state index contributed by atoms with van der Waals surface area (Å²) in [6, 6.07) is 94.2. The van der Waals surface area contributed by atoms with Gasteiger partial charge in [-0.2, -0.15) is 0 Å². The Morgan fingerprint density at radius 3 is 0.710 bits per heavy atom. The second kappa shape index (κ2) is 46.3. The van der Waals surface area contributed by atoms with Crippen LogP contribution in [0.1, 0.15) is 115 Å². The quantitative estimate of drug-likeness (QED) is 0.0472. The van der Waals surface area contributed by atoms with Crippen LogP contribution in [0.3, 0.4) is 0 Å². The molecule has 12 aromatic rings. The molecule has 3 heterocycles. The van der Waals surface area contributed by atoms with E-state index in [2.05, 4.69) is 54.6 Å². The second-order valence-electron chi connectivity index (χ2n) is 28.7. The van der Waals surface area contributed by atoms with Crippen molar-refractivity contribution in [1.82, 2.24) is 29.9 Å². The van der Waals surface area contributed by atoms with Gasteiger partial charge in [-0.3, -0.25) is 15.0 Å². The van der Waals surface area contributed by atoms with Crippen LogP contribution >= 0.6 is 0 Å². The molecule has 0 bridgehead atoms. The van der Waals surface area contributed by atoms with Crippen molar-refractivity contribution in [2.24, 2.45) is 16.2 Å². The zero-order valence-corrected chi connectivity index (χ0v) is 70.5. The Hall–Kier alpha value is -8.07. The Kier molecular flexibility index (Phi) is 39.5. The molecule has 0 spiro atoms. The summed E-state index contributed by atoms with van der Waals surface area (Å²) < 4.78 is 0. The van der Waals surface area contributed by atoms with Crippen molar-refractivity contribution in [3.8, 4) is 101 Å². The molecule has 0 aliphatic carbocycles. The summed E-state index contributed by atoms with van der Waals surface area (Å²) in [5, 5.41) is 55.8. The van der Waals surface area contributed by atoms with Crippen molar-refractivity contribution in [3.05, 3.63) is 292 Å². The fraction of sp³-hybridized carbons (Fsp3) is 0.283. The third-order valence-electron chi connectivity index (χ3n) is 17.1. The van der Waals surface area contributed by atoms with Gasteiger partial charge in [-0.05, 0) is 65.5 Å². The van der Waals surface area contributed by atoms with E-state index in [4.69, 9.17) is 45.2 Å². The number of aromatic nitrogens is 6. The molecule has 6 unspecified atom stereocenters. The van der Waals surface area contributed by atoms with E-state index in [1.165, 1.54) is 0 Å². The Bertz CT molecular complexity index is 3960. The zero-order chi connectivity index (χ0) is 75.1. The molecule has 0 saturated heterocycles. The largest absolute Gasteiger partial charge is 0.393 e. The molecular formula is C92H103Ir3N6O6-3. The Balaban J connectivity index is 0.000000281. The van der Waals surface area contributed by atoms with E-state index in [-0.39, 0.29) is 88.8 Å². The van der Waals surface area contributed by atoms with Gasteiger partial charge < -0.3 is 45.6 Å². The fourth-order valence-corrected chi connectivity index (χ4v) is 10.3. The summed E-state index contributed by atoms with van der Waals surface area (Å²) in [5.74, 6) is 0.